The van der Waals surface area contributed by atoms with Crippen LogP contribution in [0.5, 0.6) is 0 Å². The average Bonchev–Trinajstić information content (AvgIpc) is 3.18. The van der Waals surface area contributed by atoms with Crippen LogP contribution in [0.3, 0.4) is 0 Å². The fourth-order valence-electron chi connectivity index (χ4n) is 3.91. The van der Waals surface area contributed by atoms with Gasteiger partial charge in [0.15, 0.2) is 0 Å². The minimum Gasteiger partial charge on any atom is -0.385 e. The summed E-state index contributed by atoms with van der Waals surface area (Å²) in [6.07, 6.45) is 7.62. The highest BCUT2D eigenvalue weighted by Crippen LogP contribution is 2.41. The summed E-state index contributed by atoms with van der Waals surface area (Å²) in [5.74, 6) is -0.0533. The molecule has 1 aliphatic heterocycles. The SMILES string of the molecule is [2H]c1c([2H])c([2H])c(C(O)(CCN2CCCC2)C2CCCCC2)c([2H])c1[2H]. The van der Waals surface area contributed by atoms with Gasteiger partial charge in [-0.3, -0.25) is 0 Å². The summed E-state index contributed by atoms with van der Waals surface area (Å²) in [4.78, 5) is 2.31. The first-order chi connectivity index (χ1) is 12.4. The van der Waals surface area contributed by atoms with Crippen molar-refractivity contribution in [2.24, 2.45) is 5.92 Å². The highest BCUT2D eigenvalue weighted by Gasteiger charge is 2.38. The van der Waals surface area contributed by atoms with Crippen molar-refractivity contribution in [3.63, 3.8) is 0 Å². The van der Waals surface area contributed by atoms with Crippen LogP contribution in [0.1, 0.15) is 63.8 Å². The van der Waals surface area contributed by atoms with Crippen LogP contribution in [0, 0.1) is 5.92 Å². The second-order valence-electron chi connectivity index (χ2n) is 6.56. The topological polar surface area (TPSA) is 23.5 Å². The highest BCUT2D eigenvalue weighted by molar-refractivity contribution is 5.23. The van der Waals surface area contributed by atoms with Crippen LogP contribution in [0.15, 0.2) is 30.2 Å². The average molecular weight is 292 g/mol. The van der Waals surface area contributed by atoms with Gasteiger partial charge in [0.2, 0.25) is 0 Å². The Morgan fingerprint density at radius 3 is 2.38 bits per heavy atom. The van der Waals surface area contributed by atoms with Crippen molar-refractivity contribution in [1.29, 1.82) is 0 Å². The van der Waals surface area contributed by atoms with Gasteiger partial charge < -0.3 is 10.0 Å². The summed E-state index contributed by atoms with van der Waals surface area (Å²) >= 11 is 0. The predicted octanol–water partition coefficient (Wildman–Crippen LogP) is 3.94. The van der Waals surface area contributed by atoms with Gasteiger partial charge in [0.05, 0.1) is 12.5 Å². The van der Waals surface area contributed by atoms with E-state index in [0.717, 1.165) is 58.0 Å². The van der Waals surface area contributed by atoms with Crippen LogP contribution < -0.4 is 0 Å². The van der Waals surface area contributed by atoms with Gasteiger partial charge in [-0.05, 0) is 56.7 Å². The smallest absolute Gasteiger partial charge is 0.0936 e. The van der Waals surface area contributed by atoms with Gasteiger partial charge in [0.1, 0.15) is 0 Å². The van der Waals surface area contributed by atoms with E-state index in [2.05, 4.69) is 4.90 Å². The van der Waals surface area contributed by atoms with Gasteiger partial charge in [-0.1, -0.05) is 49.5 Å². The molecule has 1 aromatic carbocycles. The molecule has 0 amide bonds. The number of nitrogens with zero attached hydrogens (tertiary/aromatic N) is 1. The first-order valence-corrected chi connectivity index (χ1v) is 8.38. The molecule has 21 heavy (non-hydrogen) atoms. The lowest BCUT2D eigenvalue weighted by atomic mass is 9.71. The zero-order valence-electron chi connectivity index (χ0n) is 17.7. The molecule has 2 heteroatoms. The van der Waals surface area contributed by atoms with Crippen molar-refractivity contribution < 1.29 is 12.0 Å². The van der Waals surface area contributed by atoms with Crippen molar-refractivity contribution >= 4 is 0 Å². The van der Waals surface area contributed by atoms with E-state index < -0.39 is 11.6 Å². The van der Waals surface area contributed by atoms with Crippen LogP contribution in [-0.4, -0.2) is 29.6 Å². The highest BCUT2D eigenvalue weighted by atomic mass is 16.3. The number of hydrogen-bond acceptors (Lipinski definition) is 2. The monoisotopic (exact) mass is 292 g/mol. The minimum atomic E-state index is -1.36. The molecule has 1 N–H and O–H groups in total. The Hall–Kier alpha value is -0.860. The maximum Gasteiger partial charge on any atom is 0.0936 e. The van der Waals surface area contributed by atoms with Crippen molar-refractivity contribution in [1.82, 2.24) is 4.90 Å². The maximum absolute atomic E-state index is 11.8. The predicted molar refractivity (Wildman–Crippen MR) is 87.2 cm³/mol. The van der Waals surface area contributed by atoms with Gasteiger partial charge in [-0.2, -0.15) is 0 Å². The number of benzene rings is 1. The lowest BCUT2D eigenvalue weighted by Gasteiger charge is -2.40. The second kappa shape index (κ2) is 6.93. The Morgan fingerprint density at radius 2 is 1.71 bits per heavy atom. The van der Waals surface area contributed by atoms with E-state index in [1.807, 2.05) is 0 Å². The molecule has 1 atom stereocenters. The molecule has 116 valence electrons. The molecule has 1 aliphatic carbocycles. The van der Waals surface area contributed by atoms with E-state index in [0.29, 0.717) is 13.0 Å². The molecular weight excluding hydrogens is 258 g/mol. The number of likely N-dealkylation sites (tertiary alicyclic amines) is 1. The van der Waals surface area contributed by atoms with Gasteiger partial charge in [0, 0.05) is 6.54 Å². The summed E-state index contributed by atoms with van der Waals surface area (Å²) in [5.41, 5.74) is -1.26. The van der Waals surface area contributed by atoms with E-state index in [9.17, 15) is 5.11 Å². The second-order valence-corrected chi connectivity index (χ2v) is 6.56. The molecule has 1 unspecified atom stereocenters. The number of aliphatic hydroxyl groups is 1. The Labute approximate surface area is 136 Å². The Bertz CT molecular complexity index is 627. The first kappa shape index (κ1) is 10.0. The Morgan fingerprint density at radius 1 is 1.05 bits per heavy atom. The molecule has 1 heterocycles. The Kier molecular flexibility index (Phi) is 3.31. The van der Waals surface area contributed by atoms with Gasteiger partial charge in [0.25, 0.3) is 0 Å². The maximum atomic E-state index is 11.8. The van der Waals surface area contributed by atoms with Crippen LogP contribution in [0.4, 0.5) is 0 Å². The van der Waals surface area contributed by atoms with E-state index >= 15 is 0 Å². The van der Waals surface area contributed by atoms with Gasteiger partial charge in [-0.15, -0.1) is 0 Å². The van der Waals surface area contributed by atoms with E-state index in [4.69, 9.17) is 6.85 Å². The third-order valence-corrected chi connectivity index (χ3v) is 5.22. The van der Waals surface area contributed by atoms with Gasteiger partial charge in [-0.25, -0.2) is 0 Å². The zero-order valence-corrected chi connectivity index (χ0v) is 12.7. The minimum absolute atomic E-state index is 0.0533. The molecule has 1 saturated carbocycles. The summed E-state index contributed by atoms with van der Waals surface area (Å²) in [6.45, 7) is 2.73. The van der Waals surface area contributed by atoms with Crippen LogP contribution in [0.2, 0.25) is 0 Å². The summed E-state index contributed by atoms with van der Waals surface area (Å²) < 4.78 is 40.5. The molecule has 1 saturated heterocycles. The number of rotatable bonds is 5. The molecule has 3 rings (SSSR count). The summed E-state index contributed by atoms with van der Waals surface area (Å²) in [5, 5.41) is 11.8. The Balaban J connectivity index is 2.02. The van der Waals surface area contributed by atoms with Gasteiger partial charge >= 0.3 is 0 Å². The fourth-order valence-corrected chi connectivity index (χ4v) is 3.91. The van der Waals surface area contributed by atoms with Crippen molar-refractivity contribution in [2.45, 2.75) is 57.0 Å². The fraction of sp³-hybridized carbons (Fsp3) is 0.684. The van der Waals surface area contributed by atoms with Crippen LogP contribution in [-0.2, 0) is 5.60 Å². The molecule has 0 bridgehead atoms. The third-order valence-electron chi connectivity index (χ3n) is 5.22. The van der Waals surface area contributed by atoms with Crippen LogP contribution >= 0.6 is 0 Å². The van der Waals surface area contributed by atoms with E-state index in [-0.39, 0.29) is 35.7 Å². The molecule has 1 aromatic rings. The molecule has 2 nitrogen and oxygen atoms in total. The van der Waals surface area contributed by atoms with E-state index in [1.165, 1.54) is 0 Å². The largest absolute Gasteiger partial charge is 0.385 e. The quantitative estimate of drug-likeness (QED) is 0.888. The summed E-state index contributed by atoms with van der Waals surface area (Å²) in [7, 11) is 0. The van der Waals surface area contributed by atoms with Crippen LogP contribution in [0.25, 0.3) is 0 Å². The molecule has 2 aliphatic rings. The number of hydrogen-bond donors (Lipinski definition) is 1. The van der Waals surface area contributed by atoms with Crippen molar-refractivity contribution in [3.8, 4) is 0 Å². The normalized spacial score (nSPS) is 27.4. The molecule has 0 radical (unpaired) electrons. The molecule has 2 fully saturated rings. The standard InChI is InChI=1S/C19H29NO/c21-19(17-9-3-1-4-10-17,18-11-5-2-6-12-18)13-16-20-14-7-8-15-20/h1,3-4,9-10,18,21H,2,5-8,11-16H2/i1D,3D,4D,9D,10D. The van der Waals surface area contributed by atoms with Crippen molar-refractivity contribution in [2.75, 3.05) is 19.6 Å². The summed E-state index contributed by atoms with van der Waals surface area (Å²) in [6, 6.07) is -1.59. The molecule has 0 spiro atoms. The first-order valence-electron chi connectivity index (χ1n) is 10.9. The zero-order chi connectivity index (χ0) is 18.9. The molecule has 0 aromatic heterocycles. The van der Waals surface area contributed by atoms with Crippen molar-refractivity contribution in [3.05, 3.63) is 35.8 Å². The lowest BCUT2D eigenvalue weighted by molar-refractivity contribution is -0.0510. The van der Waals surface area contributed by atoms with E-state index in [1.54, 1.807) is 0 Å². The third kappa shape index (κ3) is 3.49. The molecular formula is C19H29NO. The lowest BCUT2D eigenvalue weighted by Crippen LogP contribution is -2.39.